The van der Waals surface area contributed by atoms with Gasteiger partial charge in [0, 0.05) is 24.2 Å². The zero-order valence-electron chi connectivity index (χ0n) is 17.9. The number of ether oxygens (including phenoxy) is 1. The van der Waals surface area contributed by atoms with E-state index < -0.39 is 12.5 Å². The van der Waals surface area contributed by atoms with Gasteiger partial charge in [-0.2, -0.15) is 4.98 Å². The minimum atomic E-state index is -3.77. The Kier molecular flexibility index (Phi) is 7.63. The van der Waals surface area contributed by atoms with Gasteiger partial charge in [-0.3, -0.25) is 14.7 Å². The van der Waals surface area contributed by atoms with Gasteiger partial charge in [0.25, 0.3) is 5.69 Å². The number of nitrogens with zero attached hydrogens (tertiary/aromatic N) is 2. The maximum Gasteiger partial charge on any atom is 0.385 e. The first-order valence-electron chi connectivity index (χ1n) is 9.92. The van der Waals surface area contributed by atoms with Crippen LogP contribution in [0.4, 0.5) is 11.6 Å². The molecule has 11 heteroatoms. The fourth-order valence-corrected chi connectivity index (χ4v) is 4.51. The van der Waals surface area contributed by atoms with E-state index >= 15 is 0 Å². The lowest BCUT2D eigenvalue weighted by Gasteiger charge is -2.15. The average Bonchev–Trinajstić information content (AvgIpc) is 3.23. The molecule has 0 saturated carbocycles. The number of benzene rings is 2. The molecule has 3 rings (SSSR count). The van der Waals surface area contributed by atoms with Crippen LogP contribution in [-0.2, 0) is 20.2 Å². The Morgan fingerprint density at radius 2 is 1.81 bits per heavy atom. The van der Waals surface area contributed by atoms with Crippen LogP contribution in [0.3, 0.4) is 0 Å². The zero-order valence-corrected chi connectivity index (χ0v) is 18.8. The molecule has 32 heavy (non-hydrogen) atoms. The monoisotopic (exact) mass is 461 g/mol. The molecule has 0 bridgehead atoms. The van der Waals surface area contributed by atoms with E-state index in [-0.39, 0.29) is 36.1 Å². The topological polar surface area (TPSA) is 126 Å². The van der Waals surface area contributed by atoms with E-state index in [0.29, 0.717) is 17.9 Å². The molecule has 0 fully saturated rings. The lowest BCUT2D eigenvalue weighted by atomic mass is 10.2. The molecule has 0 spiro atoms. The number of oxazole rings is 1. The number of nitrogens with one attached hydrogen (secondary N) is 1. The van der Waals surface area contributed by atoms with Crippen LogP contribution in [0.25, 0.3) is 11.5 Å². The smallest absolute Gasteiger partial charge is 0.385 e. The number of methoxy groups -OCH3 is 1. The third kappa shape index (κ3) is 5.34. The first-order chi connectivity index (χ1) is 15.4. The average molecular weight is 461 g/mol. The van der Waals surface area contributed by atoms with Crippen molar-refractivity contribution in [3.05, 3.63) is 64.2 Å². The number of hydrogen-bond acceptors (Lipinski definition) is 9. The molecule has 170 valence electrons. The molecule has 3 aromatic rings. The van der Waals surface area contributed by atoms with Gasteiger partial charge in [-0.05, 0) is 43.7 Å². The fourth-order valence-electron chi connectivity index (χ4n) is 2.93. The van der Waals surface area contributed by atoms with Gasteiger partial charge in [-0.25, -0.2) is 0 Å². The predicted molar refractivity (Wildman–Crippen MR) is 119 cm³/mol. The molecule has 0 unspecified atom stereocenters. The lowest BCUT2D eigenvalue weighted by molar-refractivity contribution is -0.384. The summed E-state index contributed by atoms with van der Waals surface area (Å²) in [6.45, 7) is 4.02. The van der Waals surface area contributed by atoms with Gasteiger partial charge < -0.3 is 23.5 Å². The van der Waals surface area contributed by atoms with Gasteiger partial charge >= 0.3 is 7.60 Å². The van der Waals surface area contributed by atoms with Crippen LogP contribution in [-0.4, -0.2) is 30.2 Å². The summed E-state index contributed by atoms with van der Waals surface area (Å²) in [7, 11) is -2.19. The van der Waals surface area contributed by atoms with Crippen molar-refractivity contribution < 1.29 is 27.7 Å². The molecule has 1 heterocycles. The molecular formula is C21H24N3O7P. The van der Waals surface area contributed by atoms with Gasteiger partial charge in [0.15, 0.2) is 0 Å². The molecular weight excluding hydrogens is 437 g/mol. The minimum absolute atomic E-state index is 0.0115. The van der Waals surface area contributed by atoms with Gasteiger partial charge in [0.2, 0.25) is 17.2 Å². The van der Waals surface area contributed by atoms with Crippen LogP contribution in [0.1, 0.15) is 19.4 Å². The molecule has 0 saturated heterocycles. The Labute approximate surface area is 185 Å². The summed E-state index contributed by atoms with van der Waals surface area (Å²) < 4.78 is 35.4. The summed E-state index contributed by atoms with van der Waals surface area (Å²) in [6.07, 6.45) is 0. The van der Waals surface area contributed by atoms with Crippen molar-refractivity contribution in [3.8, 4) is 17.2 Å². The van der Waals surface area contributed by atoms with Crippen molar-refractivity contribution in [2.75, 3.05) is 25.6 Å². The molecule has 1 aromatic heterocycles. The van der Waals surface area contributed by atoms with Crippen LogP contribution in [0.5, 0.6) is 5.75 Å². The van der Waals surface area contributed by atoms with Crippen LogP contribution >= 0.6 is 7.60 Å². The highest BCUT2D eigenvalue weighted by molar-refractivity contribution is 7.62. The molecule has 0 aliphatic rings. The molecule has 0 aliphatic heterocycles. The second-order valence-electron chi connectivity index (χ2n) is 6.51. The van der Waals surface area contributed by atoms with Crippen molar-refractivity contribution in [3.63, 3.8) is 0 Å². The molecule has 0 aliphatic carbocycles. The van der Waals surface area contributed by atoms with Crippen molar-refractivity contribution in [1.29, 1.82) is 0 Å². The SMILES string of the molecule is CCOP(=O)(OCC)c1nc(-c2ccc([N+](=O)[O-])cc2)oc1NCc1cccc(OC)c1. The first-order valence-corrected chi connectivity index (χ1v) is 11.5. The Morgan fingerprint density at radius 1 is 1.12 bits per heavy atom. The van der Waals surface area contributed by atoms with Crippen LogP contribution in [0.15, 0.2) is 52.9 Å². The van der Waals surface area contributed by atoms with E-state index in [9.17, 15) is 14.7 Å². The quantitative estimate of drug-likeness (QED) is 0.244. The van der Waals surface area contributed by atoms with Crippen LogP contribution < -0.4 is 15.5 Å². The zero-order chi connectivity index (χ0) is 23.1. The maximum atomic E-state index is 13.4. The predicted octanol–water partition coefficient (Wildman–Crippen LogP) is 4.76. The highest BCUT2D eigenvalue weighted by Gasteiger charge is 2.35. The van der Waals surface area contributed by atoms with Gasteiger partial charge in [0.1, 0.15) is 5.75 Å². The number of hydrogen-bond donors (Lipinski definition) is 1. The number of aromatic nitrogens is 1. The third-order valence-corrected chi connectivity index (χ3v) is 6.40. The minimum Gasteiger partial charge on any atom is -0.497 e. The van der Waals surface area contributed by atoms with E-state index in [0.717, 1.165) is 5.56 Å². The van der Waals surface area contributed by atoms with Crippen molar-refractivity contribution in [2.24, 2.45) is 0 Å². The van der Waals surface area contributed by atoms with Crippen molar-refractivity contribution in [2.45, 2.75) is 20.4 Å². The van der Waals surface area contributed by atoms with Gasteiger partial charge in [-0.15, -0.1) is 0 Å². The van der Waals surface area contributed by atoms with E-state index in [1.807, 2.05) is 24.3 Å². The van der Waals surface area contributed by atoms with E-state index in [1.54, 1.807) is 21.0 Å². The standard InChI is InChI=1S/C21H24N3O7P/c1-4-29-32(27,30-5-2)21-20(22-14-15-7-6-8-18(13-15)28-3)31-19(23-21)16-9-11-17(12-10-16)24(25)26/h6-13,22H,4-5,14H2,1-3H3. The van der Waals surface area contributed by atoms with Crippen molar-refractivity contribution >= 4 is 24.6 Å². The Balaban J connectivity index is 1.98. The van der Waals surface area contributed by atoms with Crippen LogP contribution in [0.2, 0.25) is 0 Å². The number of anilines is 1. The Hall–Kier alpha value is -3.20. The number of rotatable bonds is 11. The summed E-state index contributed by atoms with van der Waals surface area (Å²) in [5, 5.41) is 14.0. The van der Waals surface area contributed by atoms with E-state index in [4.69, 9.17) is 18.2 Å². The highest BCUT2D eigenvalue weighted by Crippen LogP contribution is 2.49. The molecule has 0 atom stereocenters. The number of nitro benzene ring substituents is 1. The van der Waals surface area contributed by atoms with Gasteiger partial charge in [-0.1, -0.05) is 12.1 Å². The molecule has 2 aromatic carbocycles. The third-order valence-electron chi connectivity index (χ3n) is 4.38. The highest BCUT2D eigenvalue weighted by atomic mass is 31.2. The molecule has 0 amide bonds. The molecule has 1 N–H and O–H groups in total. The number of nitro groups is 1. The first kappa shape index (κ1) is 23.5. The Morgan fingerprint density at radius 3 is 2.41 bits per heavy atom. The van der Waals surface area contributed by atoms with E-state index in [1.165, 1.54) is 24.3 Å². The summed E-state index contributed by atoms with van der Waals surface area (Å²) in [5.41, 5.74) is 1.32. The van der Waals surface area contributed by atoms with E-state index in [2.05, 4.69) is 10.3 Å². The van der Waals surface area contributed by atoms with Gasteiger partial charge in [0.05, 0.1) is 25.2 Å². The second kappa shape index (κ2) is 10.4. The maximum absolute atomic E-state index is 13.4. The normalized spacial score (nSPS) is 11.3. The summed E-state index contributed by atoms with van der Waals surface area (Å²) in [5.74, 6) is 0.956. The van der Waals surface area contributed by atoms with Crippen LogP contribution in [0, 0.1) is 10.1 Å². The summed E-state index contributed by atoms with van der Waals surface area (Å²) in [4.78, 5) is 14.8. The molecule has 0 radical (unpaired) electrons. The fraction of sp³-hybridized carbons (Fsp3) is 0.286. The second-order valence-corrected chi connectivity index (χ2v) is 8.45. The summed E-state index contributed by atoms with van der Waals surface area (Å²) >= 11 is 0. The number of non-ortho nitro benzene ring substituents is 1. The van der Waals surface area contributed by atoms with Crippen molar-refractivity contribution in [1.82, 2.24) is 4.98 Å². The lowest BCUT2D eigenvalue weighted by Crippen LogP contribution is -2.16. The molecule has 10 nitrogen and oxygen atoms in total. The largest absolute Gasteiger partial charge is 0.497 e. The Bertz CT molecular complexity index is 1100. The summed E-state index contributed by atoms with van der Waals surface area (Å²) in [6, 6.07) is 13.1.